The molecule has 1 aliphatic heterocycles. The molecule has 0 radical (unpaired) electrons. The molecule has 2 heterocycles. The molecule has 1 unspecified atom stereocenters. The van der Waals surface area contributed by atoms with Crippen LogP contribution in [0.5, 0.6) is 11.8 Å². The number of para-hydroxylation sites is 1. The molecule has 0 bridgehead atoms. The predicted molar refractivity (Wildman–Crippen MR) is 104 cm³/mol. The number of aromatic nitrogens is 2. The number of carbonyl (C=O) groups excluding carboxylic acids is 2. The highest BCUT2D eigenvalue weighted by Crippen LogP contribution is 2.26. The molecular weight excluding hydrogens is 375 g/mol. The number of halogens is 1. The SMILES string of the molecule is O=C(Nc1cnc(Oc2ccccc2)nc1)C1CC(=O)N(c2ccc(F)cc2)C1. The fourth-order valence-electron chi connectivity index (χ4n) is 3.03. The number of rotatable bonds is 5. The van der Waals surface area contributed by atoms with E-state index in [0.29, 0.717) is 17.1 Å². The minimum atomic E-state index is -0.521. The summed E-state index contributed by atoms with van der Waals surface area (Å²) >= 11 is 0. The van der Waals surface area contributed by atoms with E-state index in [0.717, 1.165) is 0 Å². The standard InChI is InChI=1S/C21H17FN4O3/c22-15-6-8-17(9-7-15)26-13-14(10-19(26)27)20(28)25-16-11-23-21(24-12-16)29-18-4-2-1-3-5-18/h1-9,11-12,14H,10,13H2,(H,25,28). The molecule has 1 aliphatic rings. The summed E-state index contributed by atoms with van der Waals surface area (Å²) in [5.74, 6) is -0.778. The first kappa shape index (κ1) is 18.5. The van der Waals surface area contributed by atoms with Crippen molar-refractivity contribution in [3.8, 4) is 11.8 Å². The van der Waals surface area contributed by atoms with Crippen LogP contribution in [0.25, 0.3) is 0 Å². The summed E-state index contributed by atoms with van der Waals surface area (Å²) in [5.41, 5.74) is 0.973. The Morgan fingerprint density at radius 2 is 1.76 bits per heavy atom. The van der Waals surface area contributed by atoms with E-state index in [4.69, 9.17) is 4.74 Å². The lowest BCUT2D eigenvalue weighted by Gasteiger charge is -2.16. The third-order valence-electron chi connectivity index (χ3n) is 4.48. The van der Waals surface area contributed by atoms with Crippen molar-refractivity contribution >= 4 is 23.2 Å². The van der Waals surface area contributed by atoms with Crippen molar-refractivity contribution in [2.75, 3.05) is 16.8 Å². The largest absolute Gasteiger partial charge is 0.424 e. The maximum atomic E-state index is 13.1. The fourth-order valence-corrected chi connectivity index (χ4v) is 3.03. The molecule has 29 heavy (non-hydrogen) atoms. The third kappa shape index (κ3) is 4.37. The molecule has 7 nitrogen and oxygen atoms in total. The molecule has 0 saturated carbocycles. The fraction of sp³-hybridized carbons (Fsp3) is 0.143. The van der Waals surface area contributed by atoms with Crippen LogP contribution in [0, 0.1) is 11.7 Å². The number of hydrogen-bond donors (Lipinski definition) is 1. The normalized spacial score (nSPS) is 16.0. The Hall–Kier alpha value is -3.81. The van der Waals surface area contributed by atoms with E-state index >= 15 is 0 Å². The quantitative estimate of drug-likeness (QED) is 0.719. The van der Waals surface area contributed by atoms with E-state index in [1.54, 1.807) is 12.1 Å². The van der Waals surface area contributed by atoms with Gasteiger partial charge in [-0.05, 0) is 36.4 Å². The van der Waals surface area contributed by atoms with Gasteiger partial charge in [0.25, 0.3) is 0 Å². The number of benzene rings is 2. The van der Waals surface area contributed by atoms with Crippen molar-refractivity contribution in [1.82, 2.24) is 9.97 Å². The van der Waals surface area contributed by atoms with Crippen molar-refractivity contribution in [3.05, 3.63) is 72.8 Å². The second-order valence-electron chi connectivity index (χ2n) is 6.54. The van der Waals surface area contributed by atoms with Crippen molar-refractivity contribution in [3.63, 3.8) is 0 Å². The number of hydrogen-bond acceptors (Lipinski definition) is 5. The van der Waals surface area contributed by atoms with Crippen molar-refractivity contribution in [1.29, 1.82) is 0 Å². The van der Waals surface area contributed by atoms with Crippen LogP contribution in [-0.4, -0.2) is 28.3 Å². The van der Waals surface area contributed by atoms with Gasteiger partial charge < -0.3 is 15.0 Å². The number of carbonyl (C=O) groups is 2. The van der Waals surface area contributed by atoms with E-state index in [1.807, 2.05) is 18.2 Å². The molecule has 146 valence electrons. The number of nitrogens with zero attached hydrogens (tertiary/aromatic N) is 3. The van der Waals surface area contributed by atoms with Crippen LogP contribution < -0.4 is 15.0 Å². The zero-order chi connectivity index (χ0) is 20.2. The van der Waals surface area contributed by atoms with Crippen molar-refractivity contribution < 1.29 is 18.7 Å². The minimum absolute atomic E-state index is 0.0826. The molecule has 1 fully saturated rings. The van der Waals surface area contributed by atoms with E-state index < -0.39 is 5.92 Å². The first-order valence-corrected chi connectivity index (χ1v) is 9.00. The van der Waals surface area contributed by atoms with Gasteiger partial charge in [-0.1, -0.05) is 18.2 Å². The van der Waals surface area contributed by atoms with Crippen molar-refractivity contribution in [2.45, 2.75) is 6.42 Å². The van der Waals surface area contributed by atoms with Gasteiger partial charge in [-0.3, -0.25) is 9.59 Å². The summed E-state index contributed by atoms with van der Waals surface area (Å²) < 4.78 is 18.6. The van der Waals surface area contributed by atoms with E-state index in [9.17, 15) is 14.0 Å². The van der Waals surface area contributed by atoms with Gasteiger partial charge in [-0.2, -0.15) is 0 Å². The zero-order valence-corrected chi connectivity index (χ0v) is 15.3. The average molecular weight is 392 g/mol. The third-order valence-corrected chi connectivity index (χ3v) is 4.48. The monoisotopic (exact) mass is 392 g/mol. The smallest absolute Gasteiger partial charge is 0.322 e. The number of anilines is 2. The van der Waals surface area contributed by atoms with Crippen LogP contribution in [0.15, 0.2) is 67.0 Å². The second-order valence-corrected chi connectivity index (χ2v) is 6.54. The first-order chi connectivity index (χ1) is 14.1. The van der Waals surface area contributed by atoms with E-state index in [1.165, 1.54) is 41.6 Å². The van der Waals surface area contributed by atoms with Gasteiger partial charge in [-0.15, -0.1) is 0 Å². The summed E-state index contributed by atoms with van der Waals surface area (Å²) in [4.78, 5) is 34.4. The molecular formula is C21H17FN4O3. The Morgan fingerprint density at radius 1 is 1.07 bits per heavy atom. The maximum absolute atomic E-state index is 13.1. The minimum Gasteiger partial charge on any atom is -0.424 e. The summed E-state index contributed by atoms with van der Waals surface area (Å²) in [6.07, 6.45) is 2.97. The highest BCUT2D eigenvalue weighted by atomic mass is 19.1. The second kappa shape index (κ2) is 8.05. The molecule has 1 aromatic heterocycles. The Balaban J connectivity index is 1.37. The topological polar surface area (TPSA) is 84.4 Å². The summed E-state index contributed by atoms with van der Waals surface area (Å²) in [5, 5.41) is 2.72. The lowest BCUT2D eigenvalue weighted by molar-refractivity contribution is -0.122. The molecule has 1 N–H and O–H groups in total. The molecule has 1 saturated heterocycles. The lowest BCUT2D eigenvalue weighted by atomic mass is 10.1. The predicted octanol–water partition coefficient (Wildman–Crippen LogP) is 3.40. The molecule has 2 aromatic carbocycles. The van der Waals surface area contributed by atoms with Crippen LogP contribution >= 0.6 is 0 Å². The molecule has 0 aliphatic carbocycles. The van der Waals surface area contributed by atoms with Crippen LogP contribution in [0.2, 0.25) is 0 Å². The van der Waals surface area contributed by atoms with Gasteiger partial charge >= 0.3 is 6.01 Å². The Morgan fingerprint density at radius 3 is 2.45 bits per heavy atom. The van der Waals surface area contributed by atoms with E-state index in [2.05, 4.69) is 15.3 Å². The Kier molecular flexibility index (Phi) is 5.15. The molecule has 3 aromatic rings. The molecule has 8 heteroatoms. The molecule has 4 rings (SSSR count). The summed E-state index contributed by atoms with van der Waals surface area (Å²) in [6.45, 7) is 0.229. The molecule has 0 spiro atoms. The number of ether oxygens (including phenoxy) is 1. The van der Waals surface area contributed by atoms with Gasteiger partial charge in [0, 0.05) is 18.7 Å². The number of amides is 2. The van der Waals surface area contributed by atoms with Gasteiger partial charge in [0.15, 0.2) is 0 Å². The maximum Gasteiger partial charge on any atom is 0.322 e. The van der Waals surface area contributed by atoms with Gasteiger partial charge in [-0.25, -0.2) is 14.4 Å². The molecule has 1 atom stereocenters. The van der Waals surface area contributed by atoms with Crippen LogP contribution in [0.1, 0.15) is 6.42 Å². The van der Waals surface area contributed by atoms with Gasteiger partial charge in [0.2, 0.25) is 11.8 Å². The highest BCUT2D eigenvalue weighted by Gasteiger charge is 2.35. The highest BCUT2D eigenvalue weighted by molar-refractivity contribution is 6.03. The zero-order valence-electron chi connectivity index (χ0n) is 15.3. The van der Waals surface area contributed by atoms with Crippen molar-refractivity contribution in [2.24, 2.45) is 5.92 Å². The molecule has 2 amide bonds. The van der Waals surface area contributed by atoms with Crippen LogP contribution in [-0.2, 0) is 9.59 Å². The average Bonchev–Trinajstić information content (AvgIpc) is 3.13. The van der Waals surface area contributed by atoms with Crippen LogP contribution in [0.4, 0.5) is 15.8 Å². The Bertz CT molecular complexity index is 1010. The van der Waals surface area contributed by atoms with Gasteiger partial charge in [0.1, 0.15) is 11.6 Å². The van der Waals surface area contributed by atoms with E-state index in [-0.39, 0.29) is 36.6 Å². The Labute approximate surface area is 166 Å². The summed E-state index contributed by atoms with van der Waals surface area (Å²) in [6, 6.07) is 14.9. The summed E-state index contributed by atoms with van der Waals surface area (Å²) in [7, 11) is 0. The lowest BCUT2D eigenvalue weighted by Crippen LogP contribution is -2.28. The number of nitrogens with one attached hydrogen (secondary N) is 1. The van der Waals surface area contributed by atoms with Gasteiger partial charge in [0.05, 0.1) is 24.0 Å². The van der Waals surface area contributed by atoms with Crippen LogP contribution in [0.3, 0.4) is 0 Å². The first-order valence-electron chi connectivity index (χ1n) is 9.00.